The van der Waals surface area contributed by atoms with Gasteiger partial charge in [-0.15, -0.1) is 35.9 Å². The summed E-state index contributed by atoms with van der Waals surface area (Å²) in [5, 5.41) is 1.04. The Labute approximate surface area is 126 Å². The summed E-state index contributed by atoms with van der Waals surface area (Å²) < 4.78 is 1.23. The largest absolute Gasteiger partial charge is 3.00 e. The maximum absolute atomic E-state index is 4.57. The van der Waals surface area contributed by atoms with Gasteiger partial charge < -0.3 is 14.9 Å². The minimum atomic E-state index is 0. The summed E-state index contributed by atoms with van der Waals surface area (Å²) in [5.74, 6) is 0. The van der Waals surface area contributed by atoms with Crippen molar-refractivity contribution >= 4 is 21.6 Å². The molecule has 1 aromatic heterocycles. The third-order valence-corrected chi connectivity index (χ3v) is 3.30. The molecule has 3 aromatic rings. The monoisotopic (exact) mass is 433 g/mol. The molecule has 1 nitrogen and oxygen atoms in total. The van der Waals surface area contributed by atoms with Crippen LogP contribution in [-0.4, -0.2) is 4.98 Å². The van der Waals surface area contributed by atoms with Crippen LogP contribution in [0.5, 0.6) is 0 Å². The maximum Gasteiger partial charge on any atom is 3.00 e. The van der Waals surface area contributed by atoms with E-state index in [1.165, 1.54) is 4.70 Å². The van der Waals surface area contributed by atoms with Crippen molar-refractivity contribution in [3.8, 4) is 10.6 Å². The summed E-state index contributed by atoms with van der Waals surface area (Å²) in [6.45, 7) is 0. The zero-order valence-electron chi connectivity index (χ0n) is 10.3. The predicted molar refractivity (Wildman–Crippen MR) is 76.7 cm³/mol. The normalized spacial score (nSPS) is 8.89. The van der Waals surface area contributed by atoms with E-state index in [2.05, 4.69) is 17.1 Å². The molecule has 0 fully saturated rings. The Bertz CT molecular complexity index is 557. The topological polar surface area (TPSA) is 12.9 Å². The van der Waals surface area contributed by atoms with Gasteiger partial charge in [0.1, 0.15) is 0 Å². The van der Waals surface area contributed by atoms with Gasteiger partial charge in [0.2, 0.25) is 0 Å². The molecule has 0 atom stereocenters. The average Bonchev–Trinajstić information content (AvgIpc) is 2.74. The van der Waals surface area contributed by atoms with Gasteiger partial charge in [-0.25, -0.2) is 0 Å². The molecule has 0 amide bonds. The minimum Gasteiger partial charge on any atom is -0.358 e. The molecule has 0 aliphatic carbocycles. The van der Waals surface area contributed by atoms with Gasteiger partial charge in [-0.2, -0.15) is 11.3 Å². The van der Waals surface area contributed by atoms with Crippen molar-refractivity contribution in [1.82, 2.24) is 4.98 Å². The number of nitrogens with zero attached hydrogens (tertiary/aromatic N) is 1. The fourth-order valence-corrected chi connectivity index (χ4v) is 2.47. The van der Waals surface area contributed by atoms with Gasteiger partial charge in [0.15, 0.2) is 0 Å². The van der Waals surface area contributed by atoms with Crippen LogP contribution in [0.4, 0.5) is 0 Å². The van der Waals surface area contributed by atoms with E-state index in [0.717, 1.165) is 16.1 Å². The van der Waals surface area contributed by atoms with Crippen molar-refractivity contribution < 1.29 is 20.1 Å². The van der Waals surface area contributed by atoms with E-state index >= 15 is 0 Å². The minimum absolute atomic E-state index is 0. The van der Waals surface area contributed by atoms with Crippen LogP contribution >= 0.6 is 11.3 Å². The number of thiazole rings is 1. The van der Waals surface area contributed by atoms with Gasteiger partial charge in [-0.1, -0.05) is 12.1 Å². The number of aromatic nitrogens is 1. The SMILES string of the molecule is [CH3-].[CH3-].[Ir+3].[c-]1ccccc1-c1nc2ccccc2s1. The van der Waals surface area contributed by atoms with Gasteiger partial charge >= 0.3 is 20.1 Å². The first kappa shape index (κ1) is 17.0. The Balaban J connectivity index is 0.000000963. The molecular formula is C15H14IrNS. The molecule has 0 bridgehead atoms. The number of para-hydroxylation sites is 1. The summed E-state index contributed by atoms with van der Waals surface area (Å²) >= 11 is 1.71. The fourth-order valence-electron chi connectivity index (χ4n) is 1.51. The standard InChI is InChI=1S/C13H8NS.2CH3.Ir/c1-2-6-10(7-3-1)13-14-11-8-4-5-9-12(11)15-13;;;/h1-6,8-9H;2*1H3;/q3*-1;+3. The molecule has 0 saturated heterocycles. The third-order valence-electron chi connectivity index (χ3n) is 2.23. The molecule has 0 radical (unpaired) electrons. The van der Waals surface area contributed by atoms with Gasteiger partial charge in [0.25, 0.3) is 0 Å². The Morgan fingerprint density at radius 3 is 2.33 bits per heavy atom. The molecule has 0 spiro atoms. The van der Waals surface area contributed by atoms with E-state index in [-0.39, 0.29) is 35.0 Å². The number of benzene rings is 2. The van der Waals surface area contributed by atoms with E-state index in [1.807, 2.05) is 42.5 Å². The van der Waals surface area contributed by atoms with E-state index in [4.69, 9.17) is 0 Å². The second-order valence-electron chi connectivity index (χ2n) is 3.26. The van der Waals surface area contributed by atoms with Gasteiger partial charge in [-0.05, 0) is 12.1 Å². The van der Waals surface area contributed by atoms with E-state index in [0.29, 0.717) is 0 Å². The molecule has 0 aliphatic rings. The first-order chi connectivity index (χ1) is 7.43. The zero-order valence-corrected chi connectivity index (χ0v) is 13.5. The summed E-state index contributed by atoms with van der Waals surface area (Å²) in [5.41, 5.74) is 2.13. The fraction of sp³-hybridized carbons (Fsp3) is 0. The second-order valence-corrected chi connectivity index (χ2v) is 4.29. The molecular weight excluding hydrogens is 418 g/mol. The molecule has 0 saturated carbocycles. The van der Waals surface area contributed by atoms with Crippen LogP contribution in [0.15, 0.2) is 48.5 Å². The van der Waals surface area contributed by atoms with Crippen molar-refractivity contribution in [3.63, 3.8) is 0 Å². The van der Waals surface area contributed by atoms with Crippen LogP contribution in [0.2, 0.25) is 0 Å². The van der Waals surface area contributed by atoms with Gasteiger partial charge in [-0.3, -0.25) is 4.98 Å². The number of rotatable bonds is 1. The van der Waals surface area contributed by atoms with Crippen molar-refractivity contribution in [2.45, 2.75) is 0 Å². The Morgan fingerprint density at radius 1 is 0.944 bits per heavy atom. The Kier molecular flexibility index (Phi) is 7.00. The summed E-state index contributed by atoms with van der Waals surface area (Å²) in [6.07, 6.45) is 0. The molecule has 0 aliphatic heterocycles. The average molecular weight is 433 g/mol. The van der Waals surface area contributed by atoms with Crippen LogP contribution < -0.4 is 0 Å². The molecule has 3 rings (SSSR count). The van der Waals surface area contributed by atoms with Crippen LogP contribution in [-0.2, 0) is 20.1 Å². The summed E-state index contributed by atoms with van der Waals surface area (Å²) in [6, 6.07) is 19.3. The molecule has 94 valence electrons. The first-order valence-corrected chi connectivity index (χ1v) is 5.58. The quantitative estimate of drug-likeness (QED) is 0.510. The Hall–Kier alpha value is -1.02. The molecule has 2 aromatic carbocycles. The molecule has 3 heteroatoms. The predicted octanol–water partition coefficient (Wildman–Crippen LogP) is 4.66. The van der Waals surface area contributed by atoms with Gasteiger partial charge in [0.05, 0.1) is 5.52 Å². The molecule has 0 unspecified atom stereocenters. The van der Waals surface area contributed by atoms with E-state index in [9.17, 15) is 0 Å². The maximum atomic E-state index is 4.57. The molecule has 0 N–H and O–H groups in total. The Morgan fingerprint density at radius 2 is 1.67 bits per heavy atom. The smallest absolute Gasteiger partial charge is 0.358 e. The van der Waals surface area contributed by atoms with Crippen molar-refractivity contribution in [1.29, 1.82) is 0 Å². The zero-order chi connectivity index (χ0) is 10.1. The summed E-state index contributed by atoms with van der Waals surface area (Å²) in [4.78, 5) is 4.57. The van der Waals surface area contributed by atoms with Crippen molar-refractivity contribution in [2.24, 2.45) is 0 Å². The van der Waals surface area contributed by atoms with E-state index < -0.39 is 0 Å². The van der Waals surface area contributed by atoms with Crippen molar-refractivity contribution in [2.75, 3.05) is 0 Å². The molecule has 1 heterocycles. The van der Waals surface area contributed by atoms with Crippen LogP contribution in [0.25, 0.3) is 20.8 Å². The number of hydrogen-bond donors (Lipinski definition) is 0. The summed E-state index contributed by atoms with van der Waals surface area (Å²) in [7, 11) is 0. The van der Waals surface area contributed by atoms with Crippen LogP contribution in [0, 0.1) is 20.9 Å². The third kappa shape index (κ3) is 3.26. The van der Waals surface area contributed by atoms with Crippen LogP contribution in [0.3, 0.4) is 0 Å². The first-order valence-electron chi connectivity index (χ1n) is 4.76. The van der Waals surface area contributed by atoms with E-state index in [1.54, 1.807) is 11.3 Å². The van der Waals surface area contributed by atoms with Gasteiger partial charge in [0, 0.05) is 9.71 Å². The number of fused-ring (bicyclic) bond motifs is 1. The van der Waals surface area contributed by atoms with Crippen LogP contribution in [0.1, 0.15) is 0 Å². The van der Waals surface area contributed by atoms with Crippen molar-refractivity contribution in [3.05, 3.63) is 69.5 Å². The number of hydrogen-bond acceptors (Lipinski definition) is 2. The second kappa shape index (κ2) is 7.42. The molecule has 18 heavy (non-hydrogen) atoms.